The first-order chi connectivity index (χ1) is 19.5. The Balaban J connectivity index is 1.27. The zero-order chi connectivity index (χ0) is 28.1. The first-order valence-electron chi connectivity index (χ1n) is 14.7. The van der Waals surface area contributed by atoms with Crippen molar-refractivity contribution >= 4 is 35.1 Å². The van der Waals surface area contributed by atoms with Crippen molar-refractivity contribution in [3.63, 3.8) is 0 Å². The van der Waals surface area contributed by atoms with E-state index in [1.54, 1.807) is 24.1 Å². The molecular weight excluding hydrogens is 533 g/mol. The quantitative estimate of drug-likeness (QED) is 0.361. The van der Waals surface area contributed by atoms with E-state index in [1.807, 2.05) is 0 Å². The van der Waals surface area contributed by atoms with E-state index in [4.69, 9.17) is 21.3 Å². The van der Waals surface area contributed by atoms with Crippen LogP contribution in [0.4, 0.5) is 26.6 Å². The van der Waals surface area contributed by atoms with Crippen LogP contribution in [0.2, 0.25) is 5.02 Å². The molecule has 2 amide bonds. The number of rotatable bonds is 11. The molecule has 3 aliphatic rings. The molecule has 9 nitrogen and oxygen atoms in total. The maximum absolute atomic E-state index is 15.5. The van der Waals surface area contributed by atoms with Gasteiger partial charge in [0.2, 0.25) is 5.95 Å². The van der Waals surface area contributed by atoms with Gasteiger partial charge in [-0.05, 0) is 58.3 Å². The molecule has 0 unspecified atom stereocenters. The molecule has 11 heteroatoms. The molecule has 5 rings (SSSR count). The lowest BCUT2D eigenvalue weighted by Crippen LogP contribution is -2.52. The van der Waals surface area contributed by atoms with E-state index in [1.165, 1.54) is 17.4 Å². The van der Waals surface area contributed by atoms with Crippen molar-refractivity contribution in [1.82, 2.24) is 19.8 Å². The monoisotopic (exact) mass is 573 g/mol. The molecule has 0 spiro atoms. The summed E-state index contributed by atoms with van der Waals surface area (Å²) >= 11 is 6.45. The van der Waals surface area contributed by atoms with Gasteiger partial charge >= 0.3 is 6.03 Å². The highest BCUT2D eigenvalue weighted by molar-refractivity contribution is 6.34. The average molecular weight is 574 g/mol. The van der Waals surface area contributed by atoms with Crippen molar-refractivity contribution in [3.05, 3.63) is 34.7 Å². The Bertz CT molecular complexity index is 1170. The van der Waals surface area contributed by atoms with Crippen molar-refractivity contribution in [2.24, 2.45) is 0 Å². The molecule has 2 fully saturated rings. The van der Waals surface area contributed by atoms with Crippen molar-refractivity contribution in [2.75, 3.05) is 68.0 Å². The number of carbonyl (C=O) groups is 1. The van der Waals surface area contributed by atoms with Gasteiger partial charge in [0, 0.05) is 50.5 Å². The Hall–Kier alpha value is -2.69. The predicted molar refractivity (Wildman–Crippen MR) is 157 cm³/mol. The second kappa shape index (κ2) is 13.3. The van der Waals surface area contributed by atoms with E-state index in [2.05, 4.69) is 27.1 Å². The van der Waals surface area contributed by atoms with E-state index in [0.29, 0.717) is 18.4 Å². The highest BCUT2D eigenvalue weighted by atomic mass is 35.5. The zero-order valence-electron chi connectivity index (χ0n) is 23.7. The standard InChI is InChI=1S/C29H41ClFN7O2/c1-3-40-24-12-11-23(30)26(25(24)31)37-20-21-19-33-28(34-27(21)38(29(37)39)22-9-5-6-10-22)32-13-7-4-8-14-36-17-15-35(2)16-18-36/h11-12,19,22H,3-10,13-18,20H2,1-2H3,(H,32,33,34). The third kappa shape index (κ3) is 6.44. The molecule has 1 aromatic heterocycles. The van der Waals surface area contributed by atoms with Crippen LogP contribution >= 0.6 is 11.6 Å². The summed E-state index contributed by atoms with van der Waals surface area (Å²) in [6.45, 7) is 8.76. The minimum atomic E-state index is -0.635. The fourth-order valence-corrected chi connectivity index (χ4v) is 6.12. The van der Waals surface area contributed by atoms with Crippen molar-refractivity contribution < 1.29 is 13.9 Å². The van der Waals surface area contributed by atoms with Gasteiger partial charge in [0.1, 0.15) is 11.5 Å². The number of nitrogens with one attached hydrogen (secondary N) is 1. The Morgan fingerprint density at radius 2 is 1.90 bits per heavy atom. The second-order valence-electron chi connectivity index (χ2n) is 11.0. The average Bonchev–Trinajstić information content (AvgIpc) is 3.48. The summed E-state index contributed by atoms with van der Waals surface area (Å²) in [7, 11) is 2.18. The fourth-order valence-electron chi connectivity index (χ4n) is 5.87. The van der Waals surface area contributed by atoms with E-state index < -0.39 is 5.82 Å². The van der Waals surface area contributed by atoms with Gasteiger partial charge in [-0.1, -0.05) is 30.9 Å². The number of likely N-dealkylation sites (N-methyl/N-ethyl adjacent to an activating group) is 1. The molecule has 2 aliphatic heterocycles. The molecule has 0 atom stereocenters. The number of aromatic nitrogens is 2. The lowest BCUT2D eigenvalue weighted by molar-refractivity contribution is 0.152. The highest BCUT2D eigenvalue weighted by Crippen LogP contribution is 2.41. The number of piperazine rings is 1. The molecule has 40 heavy (non-hydrogen) atoms. The molecular formula is C29H41ClFN7O2. The molecule has 1 N–H and O–H groups in total. The number of halogens is 2. The molecule has 1 saturated heterocycles. The van der Waals surface area contributed by atoms with Gasteiger partial charge in [-0.3, -0.25) is 9.80 Å². The molecule has 2 aromatic rings. The number of amides is 2. The minimum absolute atomic E-state index is 0.00304. The Morgan fingerprint density at radius 1 is 1.12 bits per heavy atom. The Kier molecular flexibility index (Phi) is 9.59. The van der Waals surface area contributed by atoms with Crippen LogP contribution in [0, 0.1) is 5.82 Å². The number of carbonyl (C=O) groups excluding carboxylic acids is 1. The molecule has 0 radical (unpaired) electrons. The van der Waals surface area contributed by atoms with Crippen LogP contribution in [0.3, 0.4) is 0 Å². The summed E-state index contributed by atoms with van der Waals surface area (Å²) < 4.78 is 20.9. The predicted octanol–water partition coefficient (Wildman–Crippen LogP) is 5.39. The second-order valence-corrected chi connectivity index (χ2v) is 11.4. The van der Waals surface area contributed by atoms with Crippen LogP contribution in [0.1, 0.15) is 57.4 Å². The number of hydrogen-bond acceptors (Lipinski definition) is 7. The zero-order valence-corrected chi connectivity index (χ0v) is 24.4. The summed E-state index contributed by atoms with van der Waals surface area (Å²) in [4.78, 5) is 31.3. The first-order valence-corrected chi connectivity index (χ1v) is 15.1. The van der Waals surface area contributed by atoms with Crippen LogP contribution in [0.25, 0.3) is 0 Å². The number of ether oxygens (including phenoxy) is 1. The highest BCUT2D eigenvalue weighted by Gasteiger charge is 2.40. The van der Waals surface area contributed by atoms with E-state index in [0.717, 1.165) is 83.4 Å². The first kappa shape index (κ1) is 28.8. The number of nitrogens with zero attached hydrogens (tertiary/aromatic N) is 6. The molecule has 1 saturated carbocycles. The van der Waals surface area contributed by atoms with Crippen molar-refractivity contribution in [3.8, 4) is 5.75 Å². The molecule has 0 bridgehead atoms. The summed E-state index contributed by atoms with van der Waals surface area (Å²) in [5, 5.41) is 3.52. The van der Waals surface area contributed by atoms with Gasteiger partial charge in [0.05, 0.1) is 18.2 Å². The normalized spacial score (nSPS) is 18.9. The third-order valence-corrected chi connectivity index (χ3v) is 8.46. The number of urea groups is 1. The minimum Gasteiger partial charge on any atom is -0.491 e. The van der Waals surface area contributed by atoms with Gasteiger partial charge in [0.15, 0.2) is 11.6 Å². The van der Waals surface area contributed by atoms with Gasteiger partial charge in [-0.25, -0.2) is 14.2 Å². The topological polar surface area (TPSA) is 77.1 Å². The smallest absolute Gasteiger partial charge is 0.330 e. The summed E-state index contributed by atoms with van der Waals surface area (Å²) in [5.74, 6) is 0.569. The van der Waals surface area contributed by atoms with Crippen LogP contribution in [0.5, 0.6) is 5.75 Å². The third-order valence-electron chi connectivity index (χ3n) is 8.16. The van der Waals surface area contributed by atoms with E-state index in [-0.39, 0.29) is 35.1 Å². The van der Waals surface area contributed by atoms with Crippen LogP contribution in [0.15, 0.2) is 18.3 Å². The lowest BCUT2D eigenvalue weighted by Gasteiger charge is -2.39. The van der Waals surface area contributed by atoms with Gasteiger partial charge in [0.25, 0.3) is 0 Å². The summed E-state index contributed by atoms with van der Waals surface area (Å²) in [6, 6.07) is 2.75. The fraction of sp³-hybridized carbons (Fsp3) is 0.621. The number of fused-ring (bicyclic) bond motifs is 1. The number of benzene rings is 1. The maximum Gasteiger partial charge on any atom is 0.330 e. The van der Waals surface area contributed by atoms with Crippen LogP contribution in [-0.2, 0) is 6.54 Å². The van der Waals surface area contributed by atoms with Crippen LogP contribution < -0.4 is 19.9 Å². The van der Waals surface area contributed by atoms with Gasteiger partial charge in [-0.15, -0.1) is 0 Å². The molecule has 1 aliphatic carbocycles. The number of hydrogen-bond donors (Lipinski definition) is 1. The summed E-state index contributed by atoms with van der Waals surface area (Å²) in [6.07, 6.45) is 8.95. The molecule has 1 aromatic carbocycles. The van der Waals surface area contributed by atoms with E-state index >= 15 is 4.39 Å². The number of anilines is 3. The van der Waals surface area contributed by atoms with Crippen LogP contribution in [-0.4, -0.2) is 84.8 Å². The number of unbranched alkanes of at least 4 members (excludes halogenated alkanes) is 2. The maximum atomic E-state index is 15.5. The summed E-state index contributed by atoms with van der Waals surface area (Å²) in [5.41, 5.74) is 0.798. The van der Waals surface area contributed by atoms with E-state index in [9.17, 15) is 4.79 Å². The van der Waals surface area contributed by atoms with Gasteiger partial charge in [-0.2, -0.15) is 4.98 Å². The lowest BCUT2D eigenvalue weighted by atomic mass is 10.1. The SMILES string of the molecule is CCOc1ccc(Cl)c(N2Cc3cnc(NCCCCCN4CCN(C)CC4)nc3N(C3CCCC3)C2=O)c1F. The Labute approximate surface area is 241 Å². The molecule has 218 valence electrons. The van der Waals surface area contributed by atoms with Crippen molar-refractivity contribution in [2.45, 2.75) is 64.5 Å². The largest absolute Gasteiger partial charge is 0.491 e. The van der Waals surface area contributed by atoms with Gasteiger partial charge < -0.3 is 19.9 Å². The molecule has 3 heterocycles. The Morgan fingerprint density at radius 3 is 2.65 bits per heavy atom. The van der Waals surface area contributed by atoms with Crippen molar-refractivity contribution in [1.29, 1.82) is 0 Å².